The van der Waals surface area contributed by atoms with E-state index in [9.17, 15) is 4.79 Å². The molecule has 17 heavy (non-hydrogen) atoms. The maximum absolute atomic E-state index is 11.9. The number of amides is 1. The third-order valence-electron chi connectivity index (χ3n) is 2.39. The zero-order valence-corrected chi connectivity index (χ0v) is 10.4. The number of methoxy groups -OCH3 is 1. The molecule has 0 bridgehead atoms. The van der Waals surface area contributed by atoms with Crippen molar-refractivity contribution >= 4 is 5.91 Å². The van der Waals surface area contributed by atoms with Gasteiger partial charge in [0.1, 0.15) is 0 Å². The molecule has 0 spiro atoms. The molecule has 3 nitrogen and oxygen atoms in total. The summed E-state index contributed by atoms with van der Waals surface area (Å²) >= 11 is 0. The molecule has 0 aromatic heterocycles. The lowest BCUT2D eigenvalue weighted by Gasteiger charge is -2.08. The van der Waals surface area contributed by atoms with Gasteiger partial charge in [0, 0.05) is 19.2 Å². The number of hydrogen-bond donors (Lipinski definition) is 1. The Balaban J connectivity index is 2.61. The van der Waals surface area contributed by atoms with Gasteiger partial charge in [-0.3, -0.25) is 4.79 Å². The van der Waals surface area contributed by atoms with Crippen molar-refractivity contribution < 1.29 is 9.53 Å². The lowest BCUT2D eigenvalue weighted by atomic mass is 10.1. The minimum atomic E-state index is -0.0397. The third kappa shape index (κ3) is 4.41. The second kappa shape index (κ2) is 7.63. The predicted octanol–water partition coefficient (Wildman–Crippen LogP) is 2.53. The van der Waals surface area contributed by atoms with Gasteiger partial charge in [0.25, 0.3) is 5.91 Å². The molecule has 0 aliphatic heterocycles. The molecule has 3 heteroatoms. The highest BCUT2D eigenvalue weighted by atomic mass is 16.5. The SMILES string of the molecule is C/C=C/CCNC(=O)c1ccccc1COC. The average Bonchev–Trinajstić information content (AvgIpc) is 2.35. The van der Waals surface area contributed by atoms with Gasteiger partial charge in [-0.15, -0.1) is 0 Å². The first kappa shape index (κ1) is 13.5. The third-order valence-corrected chi connectivity index (χ3v) is 2.39. The van der Waals surface area contributed by atoms with Gasteiger partial charge in [-0.25, -0.2) is 0 Å². The van der Waals surface area contributed by atoms with Crippen LogP contribution in [0, 0.1) is 0 Å². The fraction of sp³-hybridized carbons (Fsp3) is 0.357. The van der Waals surface area contributed by atoms with Crippen molar-refractivity contribution in [1.82, 2.24) is 5.32 Å². The minimum Gasteiger partial charge on any atom is -0.380 e. The number of ether oxygens (including phenoxy) is 1. The number of rotatable bonds is 6. The smallest absolute Gasteiger partial charge is 0.251 e. The van der Waals surface area contributed by atoms with Crippen molar-refractivity contribution in [3.05, 3.63) is 47.5 Å². The summed E-state index contributed by atoms with van der Waals surface area (Å²) in [4.78, 5) is 11.9. The molecule has 0 heterocycles. The van der Waals surface area contributed by atoms with Crippen molar-refractivity contribution in [2.45, 2.75) is 20.0 Å². The molecule has 1 aromatic carbocycles. The van der Waals surface area contributed by atoms with Crippen molar-refractivity contribution in [2.75, 3.05) is 13.7 Å². The van der Waals surface area contributed by atoms with Gasteiger partial charge in [-0.05, 0) is 25.0 Å². The summed E-state index contributed by atoms with van der Waals surface area (Å²) in [6.07, 6.45) is 4.86. The average molecular weight is 233 g/mol. The summed E-state index contributed by atoms with van der Waals surface area (Å²) in [5.41, 5.74) is 1.60. The summed E-state index contributed by atoms with van der Waals surface area (Å²) in [5, 5.41) is 2.89. The second-order valence-electron chi connectivity index (χ2n) is 3.70. The fourth-order valence-electron chi connectivity index (χ4n) is 1.55. The summed E-state index contributed by atoms with van der Waals surface area (Å²) < 4.78 is 5.07. The lowest BCUT2D eigenvalue weighted by molar-refractivity contribution is 0.0949. The van der Waals surface area contributed by atoms with Gasteiger partial charge in [0.05, 0.1) is 6.61 Å². The fourth-order valence-corrected chi connectivity index (χ4v) is 1.55. The maximum Gasteiger partial charge on any atom is 0.251 e. The van der Waals surface area contributed by atoms with Crippen LogP contribution in [0.3, 0.4) is 0 Å². The normalized spacial score (nSPS) is 10.7. The van der Waals surface area contributed by atoms with Crippen molar-refractivity contribution in [3.8, 4) is 0 Å². The van der Waals surface area contributed by atoms with Gasteiger partial charge in [0.2, 0.25) is 0 Å². The molecule has 92 valence electrons. The molecule has 0 radical (unpaired) electrons. The molecule has 0 atom stereocenters. The van der Waals surface area contributed by atoms with Gasteiger partial charge in [-0.1, -0.05) is 30.4 Å². The molecule has 1 rings (SSSR count). The van der Waals surface area contributed by atoms with Crippen molar-refractivity contribution in [2.24, 2.45) is 0 Å². The van der Waals surface area contributed by atoms with Crippen LogP contribution in [-0.2, 0) is 11.3 Å². The lowest BCUT2D eigenvalue weighted by Crippen LogP contribution is -2.25. The Morgan fingerprint density at radius 3 is 2.88 bits per heavy atom. The van der Waals surface area contributed by atoms with E-state index >= 15 is 0 Å². The van der Waals surface area contributed by atoms with E-state index in [-0.39, 0.29) is 5.91 Å². The van der Waals surface area contributed by atoms with E-state index in [0.29, 0.717) is 18.7 Å². The summed E-state index contributed by atoms with van der Waals surface area (Å²) in [7, 11) is 1.63. The number of carbonyl (C=O) groups excluding carboxylic acids is 1. The van der Waals surface area contributed by atoms with Crippen LogP contribution in [0.1, 0.15) is 29.3 Å². The van der Waals surface area contributed by atoms with Gasteiger partial charge in [0.15, 0.2) is 0 Å². The van der Waals surface area contributed by atoms with Crippen LogP contribution in [-0.4, -0.2) is 19.6 Å². The summed E-state index contributed by atoms with van der Waals surface area (Å²) in [5.74, 6) is -0.0397. The molecular weight excluding hydrogens is 214 g/mol. The molecule has 1 amide bonds. The Hall–Kier alpha value is -1.61. The Kier molecular flexibility index (Phi) is 6.04. The first-order valence-electron chi connectivity index (χ1n) is 5.75. The Bertz CT molecular complexity index is 386. The molecule has 0 aliphatic rings. The van der Waals surface area contributed by atoms with Gasteiger partial charge >= 0.3 is 0 Å². The highest BCUT2D eigenvalue weighted by Crippen LogP contribution is 2.09. The van der Waals surface area contributed by atoms with Crippen LogP contribution in [0.15, 0.2) is 36.4 Å². The highest BCUT2D eigenvalue weighted by molar-refractivity contribution is 5.95. The highest BCUT2D eigenvalue weighted by Gasteiger charge is 2.09. The van der Waals surface area contributed by atoms with E-state index < -0.39 is 0 Å². The molecule has 1 aromatic rings. The number of hydrogen-bond acceptors (Lipinski definition) is 2. The molecular formula is C14H19NO2. The molecule has 0 fully saturated rings. The first-order chi connectivity index (χ1) is 8.29. The van der Waals surface area contributed by atoms with Crippen LogP contribution in [0.2, 0.25) is 0 Å². The first-order valence-corrected chi connectivity index (χ1v) is 5.75. The monoisotopic (exact) mass is 233 g/mol. The van der Waals surface area contributed by atoms with Crippen molar-refractivity contribution in [3.63, 3.8) is 0 Å². The van der Waals surface area contributed by atoms with Crippen LogP contribution < -0.4 is 5.32 Å². The molecule has 1 N–H and O–H groups in total. The molecule has 0 saturated carbocycles. The van der Waals surface area contributed by atoms with E-state index in [1.54, 1.807) is 7.11 Å². The number of benzene rings is 1. The zero-order valence-electron chi connectivity index (χ0n) is 10.4. The largest absolute Gasteiger partial charge is 0.380 e. The van der Waals surface area contributed by atoms with Gasteiger partial charge in [-0.2, -0.15) is 0 Å². The minimum absolute atomic E-state index is 0.0397. The van der Waals surface area contributed by atoms with Crippen molar-refractivity contribution in [1.29, 1.82) is 0 Å². The molecule has 0 saturated heterocycles. The second-order valence-corrected chi connectivity index (χ2v) is 3.70. The van der Waals surface area contributed by atoms with E-state index in [1.165, 1.54) is 0 Å². The number of carbonyl (C=O) groups is 1. The van der Waals surface area contributed by atoms with Gasteiger partial charge < -0.3 is 10.1 Å². The van der Waals surface area contributed by atoms with E-state index in [1.807, 2.05) is 43.3 Å². The number of allylic oxidation sites excluding steroid dienone is 1. The standard InChI is InChI=1S/C14H19NO2/c1-3-4-7-10-15-14(16)13-9-6-5-8-12(13)11-17-2/h3-6,8-9H,7,10-11H2,1-2H3,(H,15,16)/b4-3+. The zero-order chi connectivity index (χ0) is 12.5. The molecule has 0 aliphatic carbocycles. The van der Waals surface area contributed by atoms with Crippen LogP contribution in [0.5, 0.6) is 0 Å². The number of nitrogens with one attached hydrogen (secondary N) is 1. The summed E-state index contributed by atoms with van der Waals surface area (Å²) in [6.45, 7) is 3.08. The predicted molar refractivity (Wildman–Crippen MR) is 68.9 cm³/mol. The molecule has 0 unspecified atom stereocenters. The van der Waals surface area contributed by atoms with E-state index in [0.717, 1.165) is 12.0 Å². The Labute approximate surface area is 102 Å². The van der Waals surface area contributed by atoms with Crippen LogP contribution >= 0.6 is 0 Å². The van der Waals surface area contributed by atoms with E-state index in [2.05, 4.69) is 5.32 Å². The van der Waals surface area contributed by atoms with E-state index in [4.69, 9.17) is 4.74 Å². The van der Waals surface area contributed by atoms with Crippen LogP contribution in [0.4, 0.5) is 0 Å². The Morgan fingerprint density at radius 1 is 1.41 bits per heavy atom. The maximum atomic E-state index is 11.9. The quantitative estimate of drug-likeness (QED) is 0.605. The van der Waals surface area contributed by atoms with Crippen LogP contribution in [0.25, 0.3) is 0 Å². The summed E-state index contributed by atoms with van der Waals surface area (Å²) in [6, 6.07) is 7.49. The topological polar surface area (TPSA) is 38.3 Å². The Morgan fingerprint density at radius 2 is 2.18 bits per heavy atom.